The van der Waals surface area contributed by atoms with Gasteiger partial charge in [-0.15, -0.1) is 5.10 Å². The molecule has 170 valence electrons. The summed E-state index contributed by atoms with van der Waals surface area (Å²) in [5.74, 6) is -1.08. The van der Waals surface area contributed by atoms with Gasteiger partial charge in [-0.25, -0.2) is 4.98 Å². The van der Waals surface area contributed by atoms with Gasteiger partial charge in [0.25, 0.3) is 11.7 Å². The molecule has 8 nitrogen and oxygen atoms in total. The number of nitrogens with zero attached hydrogens (tertiary/aromatic N) is 6. The quantitative estimate of drug-likeness (QED) is 0.444. The second-order valence-electron chi connectivity index (χ2n) is 7.40. The molecule has 0 bridgehead atoms. The number of furan rings is 1. The van der Waals surface area contributed by atoms with Gasteiger partial charge in [0.1, 0.15) is 5.69 Å². The molecule has 0 unspecified atom stereocenters. The Balaban J connectivity index is 1.41. The molecule has 12 heteroatoms. The summed E-state index contributed by atoms with van der Waals surface area (Å²) in [6.07, 6.45) is -3.41. The Labute approximate surface area is 190 Å². The fourth-order valence-electron chi connectivity index (χ4n) is 3.67. The minimum Gasteiger partial charge on any atom is -0.463 e. The summed E-state index contributed by atoms with van der Waals surface area (Å²) in [4.78, 5) is 24.7. The lowest BCUT2D eigenvalue weighted by molar-refractivity contribution is -0.142. The first-order chi connectivity index (χ1) is 15.8. The van der Waals surface area contributed by atoms with E-state index < -0.39 is 17.8 Å². The van der Waals surface area contributed by atoms with Crippen LogP contribution in [0.5, 0.6) is 0 Å². The van der Waals surface area contributed by atoms with Crippen LogP contribution in [-0.4, -0.2) is 56.6 Å². The number of aromatic nitrogens is 4. The van der Waals surface area contributed by atoms with Crippen molar-refractivity contribution >= 4 is 29.0 Å². The van der Waals surface area contributed by atoms with E-state index in [4.69, 9.17) is 16.0 Å². The van der Waals surface area contributed by atoms with Crippen molar-refractivity contribution in [2.75, 3.05) is 31.1 Å². The Morgan fingerprint density at radius 1 is 1.03 bits per heavy atom. The maximum atomic E-state index is 13.7. The highest BCUT2D eigenvalue weighted by molar-refractivity contribution is 6.30. The molecule has 33 heavy (non-hydrogen) atoms. The number of hydrogen-bond acceptors (Lipinski definition) is 6. The van der Waals surface area contributed by atoms with Crippen LogP contribution in [0.15, 0.2) is 53.1 Å². The predicted molar refractivity (Wildman–Crippen MR) is 113 cm³/mol. The third kappa shape index (κ3) is 4.11. The maximum Gasteiger partial charge on any atom is 0.433 e. The largest absolute Gasteiger partial charge is 0.463 e. The molecule has 0 radical (unpaired) electrons. The van der Waals surface area contributed by atoms with Crippen LogP contribution in [0.2, 0.25) is 5.02 Å². The Hall–Kier alpha value is -3.60. The molecule has 3 aromatic heterocycles. The number of halogens is 4. The second-order valence-corrected chi connectivity index (χ2v) is 7.84. The van der Waals surface area contributed by atoms with Crippen LogP contribution in [0.3, 0.4) is 0 Å². The molecular weight excluding hydrogens is 461 g/mol. The molecule has 0 N–H and O–H groups in total. The molecule has 5 rings (SSSR count). The molecule has 1 aliphatic rings. The monoisotopic (exact) mass is 476 g/mol. The molecule has 0 atom stereocenters. The molecule has 0 aliphatic carbocycles. The van der Waals surface area contributed by atoms with Crippen molar-refractivity contribution in [3.63, 3.8) is 0 Å². The van der Waals surface area contributed by atoms with E-state index in [0.717, 1.165) is 11.8 Å². The van der Waals surface area contributed by atoms with Crippen LogP contribution < -0.4 is 4.90 Å². The van der Waals surface area contributed by atoms with E-state index in [1.165, 1.54) is 23.3 Å². The summed E-state index contributed by atoms with van der Waals surface area (Å²) in [7, 11) is 0. The summed E-state index contributed by atoms with van der Waals surface area (Å²) >= 11 is 5.93. The number of alkyl halides is 3. The van der Waals surface area contributed by atoms with Gasteiger partial charge < -0.3 is 14.2 Å². The predicted octanol–water partition coefficient (Wildman–Crippen LogP) is 4.02. The third-order valence-corrected chi connectivity index (χ3v) is 5.58. The number of amides is 1. The van der Waals surface area contributed by atoms with E-state index in [2.05, 4.69) is 20.0 Å². The highest BCUT2D eigenvalue weighted by Crippen LogP contribution is 2.32. The number of carbonyl (C=O) groups is 1. The standard InChI is InChI=1S/C21H16ClF3N6O2/c22-13-3-5-14(6-4-13)29-7-9-30(10-8-29)19(32)18-27-20-26-15(16-2-1-11-33-16)12-17(21(23,24)25)31(20)28-18/h1-6,11-12H,7-10H2. The number of rotatable bonds is 3. The summed E-state index contributed by atoms with van der Waals surface area (Å²) in [6.45, 7) is 1.84. The maximum absolute atomic E-state index is 13.7. The zero-order chi connectivity index (χ0) is 23.2. The zero-order valence-electron chi connectivity index (χ0n) is 17.0. The minimum atomic E-state index is -4.74. The molecule has 1 saturated heterocycles. The summed E-state index contributed by atoms with van der Waals surface area (Å²) < 4.78 is 46.7. The first-order valence-electron chi connectivity index (χ1n) is 9.98. The van der Waals surface area contributed by atoms with Crippen molar-refractivity contribution in [1.29, 1.82) is 0 Å². The van der Waals surface area contributed by atoms with Crippen molar-refractivity contribution in [2.45, 2.75) is 6.18 Å². The first-order valence-corrected chi connectivity index (χ1v) is 10.4. The molecule has 4 heterocycles. The van der Waals surface area contributed by atoms with E-state index in [0.29, 0.717) is 35.7 Å². The molecule has 0 spiro atoms. The van der Waals surface area contributed by atoms with Crippen molar-refractivity contribution in [2.24, 2.45) is 0 Å². The van der Waals surface area contributed by atoms with E-state index in [1.54, 1.807) is 12.1 Å². The normalized spacial score (nSPS) is 14.8. The highest BCUT2D eigenvalue weighted by atomic mass is 35.5. The molecular formula is C21H16ClF3N6O2. The molecule has 0 saturated carbocycles. The van der Waals surface area contributed by atoms with Crippen LogP contribution >= 0.6 is 11.6 Å². The average molecular weight is 477 g/mol. The van der Waals surface area contributed by atoms with Gasteiger partial charge in [0, 0.05) is 36.9 Å². The van der Waals surface area contributed by atoms with Crippen LogP contribution in [0, 0.1) is 0 Å². The van der Waals surface area contributed by atoms with Gasteiger partial charge in [-0.2, -0.15) is 22.7 Å². The van der Waals surface area contributed by atoms with Gasteiger partial charge in [-0.3, -0.25) is 4.79 Å². The van der Waals surface area contributed by atoms with Gasteiger partial charge >= 0.3 is 6.18 Å². The summed E-state index contributed by atoms with van der Waals surface area (Å²) in [5, 5.41) is 4.47. The first kappa shape index (κ1) is 21.3. The Kier molecular flexibility index (Phi) is 5.20. The second kappa shape index (κ2) is 8.07. The molecule has 1 aromatic carbocycles. The van der Waals surface area contributed by atoms with Crippen LogP contribution in [0.4, 0.5) is 18.9 Å². The number of hydrogen-bond donors (Lipinski definition) is 0. The number of anilines is 1. The fraction of sp³-hybridized carbons (Fsp3) is 0.238. The van der Waals surface area contributed by atoms with Crippen molar-refractivity contribution < 1.29 is 22.4 Å². The van der Waals surface area contributed by atoms with E-state index in [1.807, 2.05) is 12.1 Å². The zero-order valence-corrected chi connectivity index (χ0v) is 17.7. The van der Waals surface area contributed by atoms with Gasteiger partial charge in [-0.05, 0) is 42.5 Å². The van der Waals surface area contributed by atoms with E-state index in [-0.39, 0.29) is 23.1 Å². The van der Waals surface area contributed by atoms with Gasteiger partial charge in [0.2, 0.25) is 5.82 Å². The molecule has 1 fully saturated rings. The van der Waals surface area contributed by atoms with E-state index in [9.17, 15) is 18.0 Å². The van der Waals surface area contributed by atoms with Crippen molar-refractivity contribution in [1.82, 2.24) is 24.5 Å². The number of fused-ring (bicyclic) bond motifs is 1. The topological polar surface area (TPSA) is 79.8 Å². The van der Waals surface area contributed by atoms with Crippen molar-refractivity contribution in [3.8, 4) is 11.5 Å². The van der Waals surface area contributed by atoms with Gasteiger partial charge in [0.05, 0.1) is 6.26 Å². The van der Waals surface area contributed by atoms with Gasteiger partial charge in [0.15, 0.2) is 11.5 Å². The lowest BCUT2D eigenvalue weighted by Gasteiger charge is -2.35. The minimum absolute atomic E-state index is 0.0530. The Morgan fingerprint density at radius 2 is 1.76 bits per heavy atom. The summed E-state index contributed by atoms with van der Waals surface area (Å²) in [6, 6.07) is 11.2. The smallest absolute Gasteiger partial charge is 0.433 e. The Bertz CT molecular complexity index is 1300. The van der Waals surface area contributed by atoms with Crippen LogP contribution in [0.1, 0.15) is 16.3 Å². The molecule has 1 amide bonds. The third-order valence-electron chi connectivity index (χ3n) is 5.33. The van der Waals surface area contributed by atoms with Crippen molar-refractivity contribution in [3.05, 3.63) is 65.3 Å². The number of benzene rings is 1. The lowest BCUT2D eigenvalue weighted by Crippen LogP contribution is -2.49. The number of carbonyl (C=O) groups excluding carboxylic acids is 1. The average Bonchev–Trinajstić information content (AvgIpc) is 3.48. The Morgan fingerprint density at radius 3 is 2.39 bits per heavy atom. The molecule has 4 aromatic rings. The SMILES string of the molecule is O=C(c1nc2nc(-c3ccco3)cc(C(F)(F)F)n2n1)N1CCN(c2ccc(Cl)cc2)CC1. The number of piperazine rings is 1. The van der Waals surface area contributed by atoms with Gasteiger partial charge in [-0.1, -0.05) is 11.6 Å². The highest BCUT2D eigenvalue weighted by Gasteiger charge is 2.37. The van der Waals surface area contributed by atoms with Crippen LogP contribution in [0.25, 0.3) is 17.2 Å². The van der Waals surface area contributed by atoms with Crippen LogP contribution in [-0.2, 0) is 6.18 Å². The fourth-order valence-corrected chi connectivity index (χ4v) is 3.80. The van der Waals surface area contributed by atoms with E-state index >= 15 is 0 Å². The molecule has 1 aliphatic heterocycles. The summed E-state index contributed by atoms with van der Waals surface area (Å²) in [5.41, 5.74) is -0.178. The lowest BCUT2D eigenvalue weighted by atomic mass is 10.2.